The Morgan fingerprint density at radius 2 is 2.15 bits per heavy atom. The number of nitro benzene ring substituents is 1. The zero-order chi connectivity index (χ0) is 15.3. The summed E-state index contributed by atoms with van der Waals surface area (Å²) < 4.78 is 0. The third kappa shape index (κ3) is 3.55. The van der Waals surface area contributed by atoms with Gasteiger partial charge in [0, 0.05) is 6.07 Å². The van der Waals surface area contributed by atoms with Crippen LogP contribution in [0.25, 0.3) is 0 Å². The molecule has 0 radical (unpaired) electrons. The Labute approximate surface area is 115 Å². The van der Waals surface area contributed by atoms with Gasteiger partial charge in [-0.3, -0.25) is 19.7 Å². The molecule has 0 unspecified atom stereocenters. The van der Waals surface area contributed by atoms with Crippen molar-refractivity contribution < 1.29 is 19.6 Å². The maximum Gasteiger partial charge on any atom is 0.323 e. The number of nitrogens with zero attached hydrogens (tertiary/aromatic N) is 2. The quantitative estimate of drug-likeness (QED) is 0.492. The van der Waals surface area contributed by atoms with Crippen molar-refractivity contribution in [2.75, 3.05) is 13.1 Å². The van der Waals surface area contributed by atoms with Gasteiger partial charge in [0.15, 0.2) is 0 Å². The van der Waals surface area contributed by atoms with Crippen molar-refractivity contribution in [3.63, 3.8) is 0 Å². The average molecular weight is 276 g/mol. The third-order valence-electron chi connectivity index (χ3n) is 2.47. The molecule has 1 N–H and O–H groups in total. The second kappa shape index (κ2) is 6.33. The lowest BCUT2D eigenvalue weighted by molar-refractivity contribution is -0.385. The molecule has 0 spiro atoms. The van der Waals surface area contributed by atoms with Crippen molar-refractivity contribution in [2.24, 2.45) is 0 Å². The molecule has 0 bridgehead atoms. The van der Waals surface area contributed by atoms with E-state index in [1.165, 1.54) is 18.2 Å². The van der Waals surface area contributed by atoms with Gasteiger partial charge in [-0.2, -0.15) is 0 Å². The lowest BCUT2D eigenvalue weighted by atomic mass is 10.1. The number of benzene rings is 1. The van der Waals surface area contributed by atoms with Crippen LogP contribution in [-0.4, -0.2) is 39.9 Å². The van der Waals surface area contributed by atoms with Gasteiger partial charge in [0.25, 0.3) is 11.6 Å². The molecule has 20 heavy (non-hydrogen) atoms. The van der Waals surface area contributed by atoms with E-state index in [9.17, 15) is 19.7 Å². The molecule has 0 aliphatic rings. The Morgan fingerprint density at radius 3 is 2.65 bits per heavy atom. The first-order chi connectivity index (χ1) is 9.36. The predicted octanol–water partition coefficient (Wildman–Crippen LogP) is 1.06. The fraction of sp³-hybridized carbons (Fsp3) is 0.231. The topological polar surface area (TPSA) is 101 Å². The van der Waals surface area contributed by atoms with Crippen LogP contribution in [0.15, 0.2) is 18.2 Å². The van der Waals surface area contributed by atoms with Crippen molar-refractivity contribution >= 4 is 17.6 Å². The number of hydrogen-bond acceptors (Lipinski definition) is 4. The van der Waals surface area contributed by atoms with Crippen LogP contribution in [0, 0.1) is 29.4 Å². The highest BCUT2D eigenvalue weighted by molar-refractivity contribution is 5.99. The van der Waals surface area contributed by atoms with E-state index < -0.39 is 23.3 Å². The molecule has 0 saturated heterocycles. The van der Waals surface area contributed by atoms with Gasteiger partial charge in [0.05, 0.1) is 11.5 Å². The fourth-order valence-electron chi connectivity index (χ4n) is 1.62. The Kier molecular flexibility index (Phi) is 4.81. The van der Waals surface area contributed by atoms with Crippen LogP contribution in [0.3, 0.4) is 0 Å². The first kappa shape index (κ1) is 15.2. The monoisotopic (exact) mass is 276 g/mol. The van der Waals surface area contributed by atoms with Gasteiger partial charge in [0.2, 0.25) is 0 Å². The summed E-state index contributed by atoms with van der Waals surface area (Å²) in [4.78, 5) is 34.0. The summed E-state index contributed by atoms with van der Waals surface area (Å²) in [5, 5.41) is 19.7. The summed E-state index contributed by atoms with van der Waals surface area (Å²) in [6, 6.07) is 4.04. The minimum atomic E-state index is -1.25. The third-order valence-corrected chi connectivity index (χ3v) is 2.47. The normalized spacial score (nSPS) is 9.60. The molecule has 0 saturated carbocycles. The highest BCUT2D eigenvalue weighted by Crippen LogP contribution is 2.21. The van der Waals surface area contributed by atoms with E-state index in [2.05, 4.69) is 5.92 Å². The number of rotatable bonds is 5. The molecule has 0 aliphatic heterocycles. The first-order valence-electron chi connectivity index (χ1n) is 5.56. The number of amides is 1. The van der Waals surface area contributed by atoms with E-state index >= 15 is 0 Å². The van der Waals surface area contributed by atoms with E-state index in [0.29, 0.717) is 5.56 Å². The van der Waals surface area contributed by atoms with Crippen molar-refractivity contribution in [2.45, 2.75) is 6.92 Å². The molecule has 104 valence electrons. The van der Waals surface area contributed by atoms with Gasteiger partial charge in [-0.15, -0.1) is 6.42 Å². The summed E-state index contributed by atoms with van der Waals surface area (Å²) in [7, 11) is 0. The summed E-state index contributed by atoms with van der Waals surface area (Å²) in [5.41, 5.74) is 0.0921. The molecule has 7 nitrogen and oxygen atoms in total. The summed E-state index contributed by atoms with van der Waals surface area (Å²) in [6.07, 6.45) is 5.08. The Hall–Kier alpha value is -2.88. The smallest absolute Gasteiger partial charge is 0.323 e. The second-order valence-corrected chi connectivity index (χ2v) is 4.04. The maximum atomic E-state index is 12.2. The number of hydrogen-bond donors (Lipinski definition) is 1. The number of aryl methyl sites for hydroxylation is 1. The van der Waals surface area contributed by atoms with Crippen molar-refractivity contribution in [3.8, 4) is 12.3 Å². The molecule has 1 aromatic rings. The molecule has 0 aromatic heterocycles. The summed E-state index contributed by atoms with van der Waals surface area (Å²) in [6.45, 7) is 0.813. The minimum Gasteiger partial charge on any atom is -0.480 e. The number of carbonyl (C=O) groups excluding carboxylic acids is 1. The molecule has 1 amide bonds. The summed E-state index contributed by atoms with van der Waals surface area (Å²) >= 11 is 0. The Bertz CT molecular complexity index is 603. The number of aliphatic carboxylic acids is 1. The number of carbonyl (C=O) groups is 2. The van der Waals surface area contributed by atoms with Gasteiger partial charge >= 0.3 is 5.97 Å². The molecule has 1 aromatic carbocycles. The van der Waals surface area contributed by atoms with Crippen LogP contribution in [0.4, 0.5) is 5.69 Å². The largest absolute Gasteiger partial charge is 0.480 e. The predicted molar refractivity (Wildman–Crippen MR) is 70.2 cm³/mol. The number of terminal acetylenes is 1. The van der Waals surface area contributed by atoms with Crippen LogP contribution in [0.2, 0.25) is 0 Å². The van der Waals surface area contributed by atoms with Gasteiger partial charge < -0.3 is 10.0 Å². The zero-order valence-electron chi connectivity index (χ0n) is 10.7. The highest BCUT2D eigenvalue weighted by Gasteiger charge is 2.25. The van der Waals surface area contributed by atoms with Gasteiger partial charge in [-0.1, -0.05) is 12.0 Å². The van der Waals surface area contributed by atoms with Crippen LogP contribution in [-0.2, 0) is 4.79 Å². The van der Waals surface area contributed by atoms with Crippen LogP contribution in [0.1, 0.15) is 15.9 Å². The molecular formula is C13H12N2O5. The van der Waals surface area contributed by atoms with Crippen LogP contribution in [0.5, 0.6) is 0 Å². The standard InChI is InChI=1S/C13H12N2O5/c1-3-6-14(8-12(16)17)13(18)10-7-9(2)4-5-11(10)15(19)20/h1,4-5,7H,6,8H2,2H3,(H,16,17). The Morgan fingerprint density at radius 1 is 1.50 bits per heavy atom. The van der Waals surface area contributed by atoms with Crippen molar-refractivity contribution in [3.05, 3.63) is 39.4 Å². The lowest BCUT2D eigenvalue weighted by Gasteiger charge is -2.18. The number of carboxylic acids is 1. The second-order valence-electron chi connectivity index (χ2n) is 4.04. The van der Waals surface area contributed by atoms with Crippen molar-refractivity contribution in [1.82, 2.24) is 4.90 Å². The van der Waals surface area contributed by atoms with E-state index in [1.54, 1.807) is 6.92 Å². The molecule has 1 rings (SSSR count). The SMILES string of the molecule is C#CCN(CC(=O)O)C(=O)c1cc(C)ccc1[N+](=O)[O-]. The lowest BCUT2D eigenvalue weighted by Crippen LogP contribution is -2.36. The molecule has 0 aliphatic carbocycles. The number of carboxylic acid groups (broad SMARTS) is 1. The van der Waals surface area contributed by atoms with E-state index in [0.717, 1.165) is 4.90 Å². The summed E-state index contributed by atoms with van der Waals surface area (Å²) in [5.74, 6) is 0.136. The minimum absolute atomic E-state index is 0.175. The van der Waals surface area contributed by atoms with Crippen molar-refractivity contribution in [1.29, 1.82) is 0 Å². The van der Waals surface area contributed by atoms with Gasteiger partial charge in [0.1, 0.15) is 12.1 Å². The maximum absolute atomic E-state index is 12.2. The molecule has 0 atom stereocenters. The van der Waals surface area contributed by atoms with Gasteiger partial charge in [-0.25, -0.2) is 0 Å². The molecule has 0 fully saturated rings. The molecular weight excluding hydrogens is 264 g/mol. The van der Waals surface area contributed by atoms with Gasteiger partial charge in [-0.05, 0) is 18.6 Å². The van der Waals surface area contributed by atoms with Crippen LogP contribution < -0.4 is 0 Å². The van der Waals surface area contributed by atoms with Crippen LogP contribution >= 0.6 is 0 Å². The molecule has 7 heteroatoms. The van der Waals surface area contributed by atoms with E-state index in [-0.39, 0.29) is 17.8 Å². The fourth-order valence-corrected chi connectivity index (χ4v) is 1.62. The first-order valence-corrected chi connectivity index (χ1v) is 5.56. The molecule has 0 heterocycles. The highest BCUT2D eigenvalue weighted by atomic mass is 16.6. The zero-order valence-corrected chi connectivity index (χ0v) is 10.7. The Balaban J connectivity index is 3.23. The average Bonchev–Trinajstić information content (AvgIpc) is 2.36. The van der Waals surface area contributed by atoms with E-state index in [4.69, 9.17) is 11.5 Å². The number of nitro groups is 1. The van der Waals surface area contributed by atoms with E-state index in [1.807, 2.05) is 0 Å².